The molecule has 0 saturated heterocycles. The first-order valence-corrected chi connectivity index (χ1v) is 7.09. The van der Waals surface area contributed by atoms with Gasteiger partial charge in [0.25, 0.3) is 0 Å². The minimum Gasteiger partial charge on any atom is -0.496 e. The molecule has 0 radical (unpaired) electrons. The lowest BCUT2D eigenvalue weighted by Crippen LogP contribution is -2.32. The fourth-order valence-corrected chi connectivity index (χ4v) is 2.70. The molecule has 2 aromatic rings. The molecule has 3 rings (SSSR count). The van der Waals surface area contributed by atoms with Gasteiger partial charge in [0.15, 0.2) is 5.78 Å². The first-order valence-electron chi connectivity index (χ1n) is 7.09. The van der Waals surface area contributed by atoms with Gasteiger partial charge in [0.2, 0.25) is 5.95 Å². The van der Waals surface area contributed by atoms with Crippen LogP contribution in [0, 0.1) is 0 Å². The molecule has 1 atom stereocenters. The number of tetrazole rings is 1. The van der Waals surface area contributed by atoms with Crippen molar-refractivity contribution >= 4 is 17.7 Å². The third-order valence-electron chi connectivity index (χ3n) is 3.72. The molecule has 9 heteroatoms. The van der Waals surface area contributed by atoms with Crippen LogP contribution in [-0.4, -0.2) is 46.2 Å². The number of ketones is 1. The smallest absolute Gasteiger partial charge is 0.355 e. The molecule has 1 aliphatic rings. The molecule has 0 unspecified atom stereocenters. The number of fused-ring (bicyclic) bond motifs is 1. The zero-order valence-electron chi connectivity index (χ0n) is 13.3. The average molecular weight is 329 g/mol. The van der Waals surface area contributed by atoms with Gasteiger partial charge in [-0.05, 0) is 23.4 Å². The molecule has 0 aliphatic carbocycles. The Kier molecular flexibility index (Phi) is 3.98. The highest BCUT2D eigenvalue weighted by atomic mass is 16.5. The fraction of sp³-hybridized carbons (Fsp3) is 0.267. The summed E-state index contributed by atoms with van der Waals surface area (Å²) in [7, 11) is 2.77. The number of hydrogen-bond acceptors (Lipinski definition) is 8. The normalized spacial score (nSPS) is 16.2. The van der Waals surface area contributed by atoms with Gasteiger partial charge in [0.1, 0.15) is 17.5 Å². The molecule has 0 fully saturated rings. The van der Waals surface area contributed by atoms with Crippen LogP contribution in [0.15, 0.2) is 35.5 Å². The van der Waals surface area contributed by atoms with E-state index in [0.29, 0.717) is 11.3 Å². The van der Waals surface area contributed by atoms with Crippen molar-refractivity contribution in [2.75, 3.05) is 19.5 Å². The van der Waals surface area contributed by atoms with Crippen LogP contribution in [0.4, 0.5) is 5.95 Å². The largest absolute Gasteiger partial charge is 0.496 e. The second-order valence-electron chi connectivity index (χ2n) is 5.05. The number of benzene rings is 1. The molecule has 0 spiro atoms. The van der Waals surface area contributed by atoms with Gasteiger partial charge in [-0.15, -0.1) is 0 Å². The van der Waals surface area contributed by atoms with Crippen molar-refractivity contribution in [1.82, 2.24) is 20.2 Å². The minimum atomic E-state index is -0.709. The minimum absolute atomic E-state index is 0.0169. The first kappa shape index (κ1) is 15.7. The summed E-state index contributed by atoms with van der Waals surface area (Å²) in [5.41, 5.74) is 0.871. The van der Waals surface area contributed by atoms with Crippen LogP contribution < -0.4 is 10.1 Å². The highest BCUT2D eigenvalue weighted by Gasteiger charge is 2.37. The number of aromatic nitrogens is 4. The van der Waals surface area contributed by atoms with Gasteiger partial charge in [-0.1, -0.05) is 23.3 Å². The second kappa shape index (κ2) is 6.11. The number of carbonyl (C=O) groups excluding carboxylic acids is 2. The van der Waals surface area contributed by atoms with E-state index in [9.17, 15) is 9.59 Å². The van der Waals surface area contributed by atoms with Gasteiger partial charge >= 0.3 is 5.97 Å². The standard InChI is InChI=1S/C15H15N5O4/c1-8(21)11-12(14(22)24-3)16-15-17-18-19-20(15)13(11)9-6-4-5-7-10(9)23-2/h4-7,13H,1-3H3,(H,16,17,19)/t13-/m0/s1. The van der Waals surface area contributed by atoms with Crippen molar-refractivity contribution in [2.45, 2.75) is 13.0 Å². The van der Waals surface area contributed by atoms with Crippen LogP contribution >= 0.6 is 0 Å². The Morgan fingerprint density at radius 1 is 1.25 bits per heavy atom. The lowest BCUT2D eigenvalue weighted by molar-refractivity contribution is -0.136. The van der Waals surface area contributed by atoms with E-state index in [1.165, 1.54) is 25.8 Å². The van der Waals surface area contributed by atoms with E-state index in [-0.39, 0.29) is 23.0 Å². The predicted molar refractivity (Wildman–Crippen MR) is 82.3 cm³/mol. The van der Waals surface area contributed by atoms with Gasteiger partial charge in [-0.3, -0.25) is 4.79 Å². The van der Waals surface area contributed by atoms with Crippen molar-refractivity contribution in [2.24, 2.45) is 0 Å². The second-order valence-corrected chi connectivity index (χ2v) is 5.05. The number of methoxy groups -OCH3 is 2. The molecule has 1 aromatic heterocycles. The average Bonchev–Trinajstić information content (AvgIpc) is 3.07. The monoisotopic (exact) mass is 329 g/mol. The fourth-order valence-electron chi connectivity index (χ4n) is 2.70. The zero-order valence-corrected chi connectivity index (χ0v) is 13.3. The SMILES string of the molecule is COC(=O)C1=C(C(C)=O)[C@H](c2ccccc2OC)n2nnnc2N1. The van der Waals surface area contributed by atoms with Gasteiger partial charge in [0, 0.05) is 5.56 Å². The molecule has 1 aromatic carbocycles. The Bertz CT molecular complexity index is 842. The number of rotatable bonds is 4. The number of nitrogens with one attached hydrogen (secondary N) is 1. The summed E-state index contributed by atoms with van der Waals surface area (Å²) >= 11 is 0. The maximum absolute atomic E-state index is 12.3. The molecule has 0 bridgehead atoms. The lowest BCUT2D eigenvalue weighted by Gasteiger charge is -2.28. The zero-order chi connectivity index (χ0) is 17.3. The van der Waals surface area contributed by atoms with E-state index < -0.39 is 12.0 Å². The van der Waals surface area contributed by atoms with Crippen molar-refractivity contribution in [3.8, 4) is 5.75 Å². The maximum Gasteiger partial charge on any atom is 0.355 e. The van der Waals surface area contributed by atoms with E-state index in [4.69, 9.17) is 9.47 Å². The molecular weight excluding hydrogens is 314 g/mol. The van der Waals surface area contributed by atoms with Crippen LogP contribution in [0.25, 0.3) is 0 Å². The molecular formula is C15H15N5O4. The number of Topliss-reactive ketones (excluding diaryl/α,β-unsaturated/α-hetero) is 1. The highest BCUT2D eigenvalue weighted by Crippen LogP contribution is 2.38. The topological polar surface area (TPSA) is 108 Å². The summed E-state index contributed by atoms with van der Waals surface area (Å²) in [5.74, 6) is -0.195. The molecule has 1 N–H and O–H groups in total. The van der Waals surface area contributed by atoms with Crippen molar-refractivity contribution in [3.05, 3.63) is 41.1 Å². The molecule has 1 aliphatic heterocycles. The van der Waals surface area contributed by atoms with Crippen LogP contribution in [0.1, 0.15) is 18.5 Å². The molecule has 9 nitrogen and oxygen atoms in total. The maximum atomic E-state index is 12.3. The summed E-state index contributed by atoms with van der Waals surface area (Å²) in [5, 5.41) is 14.2. The van der Waals surface area contributed by atoms with Crippen molar-refractivity contribution < 1.29 is 19.1 Å². The number of hydrogen-bond donors (Lipinski definition) is 1. The number of carbonyl (C=O) groups is 2. The number of anilines is 1. The predicted octanol–water partition coefficient (Wildman–Crippen LogP) is 0.713. The molecule has 24 heavy (non-hydrogen) atoms. The Morgan fingerprint density at radius 3 is 2.67 bits per heavy atom. The van der Waals surface area contributed by atoms with Crippen molar-refractivity contribution in [1.29, 1.82) is 0 Å². The molecule has 124 valence electrons. The summed E-state index contributed by atoms with van der Waals surface area (Å²) in [4.78, 5) is 24.5. The van der Waals surface area contributed by atoms with Crippen molar-refractivity contribution in [3.63, 3.8) is 0 Å². The van der Waals surface area contributed by atoms with E-state index in [2.05, 4.69) is 20.8 Å². The Balaban J connectivity index is 2.29. The third kappa shape index (κ3) is 2.39. The van der Waals surface area contributed by atoms with Crippen LogP contribution in [-0.2, 0) is 14.3 Å². The van der Waals surface area contributed by atoms with Gasteiger partial charge in [0.05, 0.1) is 19.8 Å². The Hall–Kier alpha value is -3.23. The molecule has 0 saturated carbocycles. The summed E-state index contributed by atoms with van der Waals surface area (Å²) in [6.45, 7) is 1.37. The van der Waals surface area contributed by atoms with Gasteiger partial charge < -0.3 is 14.8 Å². The van der Waals surface area contributed by atoms with E-state index >= 15 is 0 Å². The van der Waals surface area contributed by atoms with Crippen LogP contribution in [0.3, 0.4) is 0 Å². The lowest BCUT2D eigenvalue weighted by atomic mass is 9.92. The quantitative estimate of drug-likeness (QED) is 0.817. The van der Waals surface area contributed by atoms with E-state index in [1.54, 1.807) is 18.2 Å². The van der Waals surface area contributed by atoms with E-state index in [1.807, 2.05) is 6.07 Å². The number of ether oxygens (including phenoxy) is 2. The summed E-state index contributed by atoms with van der Waals surface area (Å²) in [6, 6.07) is 6.45. The number of nitrogens with zero attached hydrogens (tertiary/aromatic N) is 4. The molecule has 0 amide bonds. The Labute approximate surface area is 137 Å². The van der Waals surface area contributed by atoms with Gasteiger partial charge in [-0.2, -0.15) is 4.68 Å². The Morgan fingerprint density at radius 2 is 2.00 bits per heavy atom. The first-order chi connectivity index (χ1) is 11.6. The summed E-state index contributed by atoms with van der Waals surface area (Å²) in [6.07, 6.45) is 0. The number of para-hydroxylation sites is 1. The third-order valence-corrected chi connectivity index (χ3v) is 3.72. The van der Waals surface area contributed by atoms with Gasteiger partial charge in [-0.25, -0.2) is 4.79 Å². The highest BCUT2D eigenvalue weighted by molar-refractivity contribution is 6.06. The number of esters is 1. The van der Waals surface area contributed by atoms with E-state index in [0.717, 1.165) is 0 Å². The number of allylic oxidation sites excluding steroid dienone is 1. The van der Waals surface area contributed by atoms with Crippen LogP contribution in [0.2, 0.25) is 0 Å². The van der Waals surface area contributed by atoms with Crippen LogP contribution in [0.5, 0.6) is 5.75 Å². The summed E-state index contributed by atoms with van der Waals surface area (Å²) < 4.78 is 11.6. The molecule has 2 heterocycles.